The van der Waals surface area contributed by atoms with Crippen molar-refractivity contribution in [1.29, 1.82) is 0 Å². The number of nitrogens with one attached hydrogen (secondary N) is 1. The van der Waals surface area contributed by atoms with Gasteiger partial charge >= 0.3 is 0 Å². The lowest BCUT2D eigenvalue weighted by atomic mass is 10.2. The molecule has 114 valence electrons. The Balaban J connectivity index is 0.00000220. The van der Waals surface area contributed by atoms with E-state index in [0.29, 0.717) is 19.5 Å². The highest BCUT2D eigenvalue weighted by atomic mass is 35.5. The highest BCUT2D eigenvalue weighted by molar-refractivity contribution is 5.85. The number of benzene rings is 1. The maximum atomic E-state index is 11.4. The number of hydrogen-bond donors (Lipinski definition) is 2. The van der Waals surface area contributed by atoms with E-state index in [9.17, 15) is 4.79 Å². The van der Waals surface area contributed by atoms with E-state index in [2.05, 4.69) is 10.4 Å². The Morgan fingerprint density at radius 3 is 2.76 bits per heavy atom. The number of para-hydroxylation sites is 1. The summed E-state index contributed by atoms with van der Waals surface area (Å²) in [5.41, 5.74) is 7.50. The van der Waals surface area contributed by atoms with Crippen LogP contribution in [0.2, 0.25) is 0 Å². The second-order valence-corrected chi connectivity index (χ2v) is 4.62. The molecule has 1 amide bonds. The number of nitrogens with two attached hydrogens (primary N) is 1. The van der Waals surface area contributed by atoms with E-state index in [4.69, 9.17) is 5.73 Å². The van der Waals surface area contributed by atoms with Gasteiger partial charge in [-0.15, -0.1) is 12.4 Å². The first-order valence-corrected chi connectivity index (χ1v) is 6.85. The van der Waals surface area contributed by atoms with Crippen LogP contribution < -0.4 is 11.1 Å². The van der Waals surface area contributed by atoms with Crippen molar-refractivity contribution in [1.82, 2.24) is 15.1 Å². The SMILES string of the molecule is Cl.NCCCC(=O)NCCc1cnn(-c2ccccc2)c1. The molecule has 0 aliphatic rings. The monoisotopic (exact) mass is 308 g/mol. The molecule has 0 fully saturated rings. The van der Waals surface area contributed by atoms with E-state index < -0.39 is 0 Å². The van der Waals surface area contributed by atoms with Crippen LogP contribution >= 0.6 is 12.4 Å². The Bertz CT molecular complexity index is 542. The van der Waals surface area contributed by atoms with Gasteiger partial charge in [0.2, 0.25) is 5.91 Å². The molecule has 0 atom stereocenters. The molecule has 1 aromatic heterocycles. The first-order chi connectivity index (χ1) is 9.79. The lowest BCUT2D eigenvalue weighted by molar-refractivity contribution is -0.121. The third-order valence-corrected chi connectivity index (χ3v) is 3.00. The van der Waals surface area contributed by atoms with Crippen LogP contribution in [0.15, 0.2) is 42.7 Å². The molecule has 5 nitrogen and oxygen atoms in total. The van der Waals surface area contributed by atoms with Crippen molar-refractivity contribution in [2.75, 3.05) is 13.1 Å². The third kappa shape index (κ3) is 5.57. The molecule has 21 heavy (non-hydrogen) atoms. The standard InChI is InChI=1S/C15H20N4O.ClH/c16-9-4-7-15(20)17-10-8-13-11-18-19(12-13)14-5-2-1-3-6-14;/h1-3,5-6,11-12H,4,7-10,16H2,(H,17,20);1H. The van der Waals surface area contributed by atoms with Crippen molar-refractivity contribution >= 4 is 18.3 Å². The Hall–Kier alpha value is -1.85. The first kappa shape index (κ1) is 17.2. The zero-order valence-corrected chi connectivity index (χ0v) is 12.7. The summed E-state index contributed by atoms with van der Waals surface area (Å²) in [4.78, 5) is 11.4. The zero-order valence-electron chi connectivity index (χ0n) is 11.9. The Kier molecular flexibility index (Phi) is 7.50. The van der Waals surface area contributed by atoms with Gasteiger partial charge in [-0.1, -0.05) is 18.2 Å². The van der Waals surface area contributed by atoms with Crippen LogP contribution in [0, 0.1) is 0 Å². The Morgan fingerprint density at radius 2 is 2.05 bits per heavy atom. The van der Waals surface area contributed by atoms with E-state index in [1.54, 1.807) is 0 Å². The van der Waals surface area contributed by atoms with E-state index in [-0.39, 0.29) is 18.3 Å². The quantitative estimate of drug-likeness (QED) is 0.817. The number of halogens is 1. The van der Waals surface area contributed by atoms with Crippen LogP contribution in [-0.4, -0.2) is 28.8 Å². The van der Waals surface area contributed by atoms with Gasteiger partial charge in [-0.2, -0.15) is 5.10 Å². The van der Waals surface area contributed by atoms with Crippen LogP contribution in [0.5, 0.6) is 0 Å². The van der Waals surface area contributed by atoms with Gasteiger partial charge in [0.1, 0.15) is 0 Å². The third-order valence-electron chi connectivity index (χ3n) is 3.00. The molecular formula is C15H21ClN4O. The molecule has 1 aromatic carbocycles. The fourth-order valence-electron chi connectivity index (χ4n) is 1.91. The van der Waals surface area contributed by atoms with Crippen LogP contribution in [0.25, 0.3) is 5.69 Å². The molecule has 0 aliphatic carbocycles. The summed E-state index contributed by atoms with van der Waals surface area (Å²) < 4.78 is 1.84. The average Bonchev–Trinajstić information content (AvgIpc) is 2.95. The summed E-state index contributed by atoms with van der Waals surface area (Å²) in [5.74, 6) is 0.0610. The Morgan fingerprint density at radius 1 is 1.29 bits per heavy atom. The molecule has 0 unspecified atom stereocenters. The van der Waals surface area contributed by atoms with Crippen LogP contribution in [0.4, 0.5) is 0 Å². The molecular weight excluding hydrogens is 288 g/mol. The lowest BCUT2D eigenvalue weighted by Gasteiger charge is -2.03. The molecule has 2 aromatic rings. The predicted octanol–water partition coefficient (Wildman–Crippen LogP) is 1.69. The van der Waals surface area contributed by atoms with Gasteiger partial charge in [-0.05, 0) is 37.1 Å². The summed E-state index contributed by atoms with van der Waals surface area (Å²) in [6, 6.07) is 9.95. The van der Waals surface area contributed by atoms with Gasteiger partial charge in [0.15, 0.2) is 0 Å². The normalized spacial score (nSPS) is 9.95. The maximum absolute atomic E-state index is 11.4. The smallest absolute Gasteiger partial charge is 0.220 e. The van der Waals surface area contributed by atoms with Crippen molar-refractivity contribution in [2.45, 2.75) is 19.3 Å². The van der Waals surface area contributed by atoms with Gasteiger partial charge < -0.3 is 11.1 Å². The van der Waals surface area contributed by atoms with Gasteiger partial charge in [-0.25, -0.2) is 4.68 Å². The number of hydrogen-bond acceptors (Lipinski definition) is 3. The van der Waals surface area contributed by atoms with Crippen LogP contribution in [-0.2, 0) is 11.2 Å². The molecule has 2 rings (SSSR count). The molecule has 1 heterocycles. The highest BCUT2D eigenvalue weighted by Crippen LogP contribution is 2.07. The Labute approximate surface area is 130 Å². The topological polar surface area (TPSA) is 72.9 Å². The molecule has 0 spiro atoms. The highest BCUT2D eigenvalue weighted by Gasteiger charge is 2.02. The van der Waals surface area contributed by atoms with Crippen LogP contribution in [0.3, 0.4) is 0 Å². The predicted molar refractivity (Wildman–Crippen MR) is 85.8 cm³/mol. The van der Waals surface area contributed by atoms with Crippen molar-refractivity contribution in [2.24, 2.45) is 5.73 Å². The molecule has 0 aliphatic heterocycles. The minimum atomic E-state index is 0. The molecule has 0 radical (unpaired) electrons. The van der Waals surface area contributed by atoms with Crippen molar-refractivity contribution in [3.05, 3.63) is 48.3 Å². The average molecular weight is 309 g/mol. The molecule has 3 N–H and O–H groups in total. The number of rotatable bonds is 7. The summed E-state index contributed by atoms with van der Waals surface area (Å²) in [6.07, 6.45) is 5.83. The fraction of sp³-hybridized carbons (Fsp3) is 0.333. The lowest BCUT2D eigenvalue weighted by Crippen LogP contribution is -2.25. The number of carbonyl (C=O) groups is 1. The van der Waals surface area contributed by atoms with E-state index >= 15 is 0 Å². The zero-order chi connectivity index (χ0) is 14.2. The van der Waals surface area contributed by atoms with E-state index in [0.717, 1.165) is 24.1 Å². The summed E-state index contributed by atoms with van der Waals surface area (Å²) in [6.45, 7) is 1.18. The van der Waals surface area contributed by atoms with Gasteiger partial charge in [0, 0.05) is 19.2 Å². The second-order valence-electron chi connectivity index (χ2n) is 4.62. The van der Waals surface area contributed by atoms with Crippen molar-refractivity contribution in [3.8, 4) is 5.69 Å². The number of nitrogens with zero attached hydrogens (tertiary/aromatic N) is 2. The fourth-order valence-corrected chi connectivity index (χ4v) is 1.91. The molecule has 0 bridgehead atoms. The number of aromatic nitrogens is 2. The first-order valence-electron chi connectivity index (χ1n) is 6.85. The van der Waals surface area contributed by atoms with E-state index in [1.165, 1.54) is 0 Å². The van der Waals surface area contributed by atoms with E-state index in [1.807, 2.05) is 47.4 Å². The second kappa shape index (κ2) is 9.15. The van der Waals surface area contributed by atoms with Crippen molar-refractivity contribution < 1.29 is 4.79 Å². The van der Waals surface area contributed by atoms with Crippen LogP contribution in [0.1, 0.15) is 18.4 Å². The van der Waals surface area contributed by atoms with Gasteiger partial charge in [-0.3, -0.25) is 4.79 Å². The summed E-state index contributed by atoms with van der Waals surface area (Å²) >= 11 is 0. The number of carbonyl (C=O) groups excluding carboxylic acids is 1. The van der Waals surface area contributed by atoms with Crippen molar-refractivity contribution in [3.63, 3.8) is 0 Å². The molecule has 0 saturated carbocycles. The maximum Gasteiger partial charge on any atom is 0.220 e. The van der Waals surface area contributed by atoms with Gasteiger partial charge in [0.05, 0.1) is 11.9 Å². The minimum absolute atomic E-state index is 0. The number of amides is 1. The van der Waals surface area contributed by atoms with Gasteiger partial charge in [0.25, 0.3) is 0 Å². The molecule has 6 heteroatoms. The molecule has 0 saturated heterocycles. The largest absolute Gasteiger partial charge is 0.356 e. The summed E-state index contributed by atoms with van der Waals surface area (Å²) in [7, 11) is 0. The minimum Gasteiger partial charge on any atom is -0.356 e. The summed E-state index contributed by atoms with van der Waals surface area (Å²) in [5, 5.41) is 7.20.